The molecule has 0 unspecified atom stereocenters. The van der Waals surface area contributed by atoms with E-state index in [9.17, 15) is 18.0 Å². The number of nitrogens with zero attached hydrogens (tertiary/aromatic N) is 4. The lowest BCUT2D eigenvalue weighted by atomic mass is 10.1. The third-order valence-electron chi connectivity index (χ3n) is 6.95. The summed E-state index contributed by atoms with van der Waals surface area (Å²) in [5, 5.41) is 8.35. The molecule has 2 heterocycles. The monoisotopic (exact) mass is 591 g/mol. The number of amides is 2. The van der Waals surface area contributed by atoms with Gasteiger partial charge in [0, 0.05) is 55.6 Å². The zero-order valence-electron chi connectivity index (χ0n) is 23.6. The summed E-state index contributed by atoms with van der Waals surface area (Å²) in [5.74, 6) is 1.11. The number of carbonyl (C=O) groups excluding carboxylic acids is 1. The van der Waals surface area contributed by atoms with Gasteiger partial charge in [-0.1, -0.05) is 18.2 Å². The first-order valence-corrected chi connectivity index (χ1v) is 13.8. The van der Waals surface area contributed by atoms with E-state index in [1.807, 2.05) is 24.1 Å². The van der Waals surface area contributed by atoms with E-state index in [4.69, 9.17) is 4.74 Å². The van der Waals surface area contributed by atoms with Gasteiger partial charge in [0.25, 0.3) is 0 Å². The predicted molar refractivity (Wildman–Crippen MR) is 161 cm³/mol. The van der Waals surface area contributed by atoms with Crippen molar-refractivity contribution in [2.24, 2.45) is 0 Å². The average molecular weight is 592 g/mol. The van der Waals surface area contributed by atoms with E-state index in [1.165, 1.54) is 17.7 Å². The van der Waals surface area contributed by atoms with Crippen molar-refractivity contribution in [2.45, 2.75) is 12.6 Å². The van der Waals surface area contributed by atoms with Crippen LogP contribution in [0.25, 0.3) is 0 Å². The molecule has 9 nitrogen and oxygen atoms in total. The molecule has 224 valence electrons. The predicted octanol–water partition coefficient (Wildman–Crippen LogP) is 6.53. The van der Waals surface area contributed by atoms with Gasteiger partial charge < -0.3 is 25.6 Å². The third-order valence-corrected chi connectivity index (χ3v) is 6.95. The number of anilines is 6. The Morgan fingerprint density at radius 1 is 0.930 bits per heavy atom. The number of morpholine rings is 1. The van der Waals surface area contributed by atoms with E-state index >= 15 is 0 Å². The second-order valence-corrected chi connectivity index (χ2v) is 10.0. The van der Waals surface area contributed by atoms with Gasteiger partial charge in [-0.05, 0) is 72.6 Å². The average Bonchev–Trinajstić information content (AvgIpc) is 3.01. The number of halogens is 3. The zero-order chi connectivity index (χ0) is 30.2. The van der Waals surface area contributed by atoms with Crippen LogP contribution in [0.2, 0.25) is 0 Å². The minimum atomic E-state index is -4.50. The Balaban J connectivity index is 1.17. The zero-order valence-corrected chi connectivity index (χ0v) is 23.6. The second kappa shape index (κ2) is 13.5. The molecule has 5 rings (SSSR count). The molecular weight excluding hydrogens is 559 g/mol. The van der Waals surface area contributed by atoms with Crippen LogP contribution in [0, 0.1) is 0 Å². The lowest BCUT2D eigenvalue weighted by Gasteiger charge is -2.26. The maximum Gasteiger partial charge on any atom is 0.416 e. The number of ether oxygens (including phenoxy) is 1. The molecule has 3 aromatic carbocycles. The highest BCUT2D eigenvalue weighted by atomic mass is 19.4. The third kappa shape index (κ3) is 8.43. The smallest absolute Gasteiger partial charge is 0.379 e. The van der Waals surface area contributed by atoms with Gasteiger partial charge in [-0.15, -0.1) is 0 Å². The van der Waals surface area contributed by atoms with Crippen molar-refractivity contribution in [3.8, 4) is 0 Å². The van der Waals surface area contributed by atoms with Gasteiger partial charge in [0.2, 0.25) is 5.95 Å². The van der Waals surface area contributed by atoms with Crippen LogP contribution in [0.3, 0.4) is 0 Å². The van der Waals surface area contributed by atoms with Crippen molar-refractivity contribution in [1.82, 2.24) is 14.9 Å². The van der Waals surface area contributed by atoms with Crippen molar-refractivity contribution < 1.29 is 22.7 Å². The SMILES string of the molecule is CN(c1ccc(NC(=O)Nc2cccc(C(F)(F)F)c2)cc1)c1ccnc(Nc2cccc(CCN3CCOCC3)c2)n1. The van der Waals surface area contributed by atoms with Crippen LogP contribution in [0.1, 0.15) is 11.1 Å². The summed E-state index contributed by atoms with van der Waals surface area (Å²) in [6, 6.07) is 20.8. The van der Waals surface area contributed by atoms with Gasteiger partial charge in [-0.25, -0.2) is 9.78 Å². The molecule has 0 bridgehead atoms. The van der Waals surface area contributed by atoms with Crippen molar-refractivity contribution in [3.63, 3.8) is 0 Å². The number of alkyl halides is 3. The molecule has 1 aromatic heterocycles. The molecule has 12 heteroatoms. The normalized spacial score (nSPS) is 13.8. The van der Waals surface area contributed by atoms with Crippen LogP contribution in [0.4, 0.5) is 52.5 Å². The molecule has 0 aliphatic carbocycles. The van der Waals surface area contributed by atoms with Crippen molar-refractivity contribution >= 4 is 40.5 Å². The maximum atomic E-state index is 12.9. The fraction of sp³-hybridized carbons (Fsp3) is 0.258. The van der Waals surface area contributed by atoms with E-state index in [1.54, 1.807) is 36.5 Å². The summed E-state index contributed by atoms with van der Waals surface area (Å²) in [6.45, 7) is 4.48. The molecule has 0 spiro atoms. The van der Waals surface area contributed by atoms with Crippen LogP contribution in [0.5, 0.6) is 0 Å². The molecular formula is C31H32F3N7O2. The highest BCUT2D eigenvalue weighted by Gasteiger charge is 2.30. The standard InChI is InChI=1S/C31H32F3N7O2/c1-40(27-10-8-24(9-11-27)37-30(42)38-26-7-3-5-23(21-26)31(32,33)34)28-12-14-35-29(39-28)36-25-6-2-4-22(20-25)13-15-41-16-18-43-19-17-41/h2-12,14,20-21H,13,15-19H2,1H3,(H,35,36,39)(H2,37,38,42). The molecule has 0 saturated carbocycles. The lowest BCUT2D eigenvalue weighted by molar-refractivity contribution is -0.137. The molecule has 0 atom stereocenters. The van der Waals surface area contributed by atoms with Crippen LogP contribution >= 0.6 is 0 Å². The van der Waals surface area contributed by atoms with Gasteiger partial charge in [-0.2, -0.15) is 18.2 Å². The number of benzene rings is 3. The molecule has 1 fully saturated rings. The Labute approximate surface area is 247 Å². The van der Waals surface area contributed by atoms with Crippen LogP contribution in [-0.4, -0.2) is 60.8 Å². The molecule has 2 amide bonds. The summed E-state index contributed by atoms with van der Waals surface area (Å²) in [6.07, 6.45) is -1.88. The number of hydrogen-bond acceptors (Lipinski definition) is 7. The topological polar surface area (TPSA) is 94.7 Å². The van der Waals surface area contributed by atoms with Gasteiger partial charge >= 0.3 is 12.2 Å². The highest BCUT2D eigenvalue weighted by molar-refractivity contribution is 5.99. The molecule has 1 aliphatic heterocycles. The maximum absolute atomic E-state index is 12.9. The van der Waals surface area contributed by atoms with Crippen LogP contribution in [0.15, 0.2) is 85.1 Å². The number of nitrogens with one attached hydrogen (secondary N) is 3. The van der Waals surface area contributed by atoms with Crippen LogP contribution in [-0.2, 0) is 17.3 Å². The van der Waals surface area contributed by atoms with Crippen molar-refractivity contribution in [3.05, 3.63) is 96.2 Å². The minimum Gasteiger partial charge on any atom is -0.379 e. The first kappa shape index (κ1) is 29.8. The van der Waals surface area contributed by atoms with Gasteiger partial charge in [0.1, 0.15) is 5.82 Å². The van der Waals surface area contributed by atoms with Gasteiger partial charge in [0.15, 0.2) is 0 Å². The Bertz CT molecular complexity index is 1530. The Morgan fingerprint density at radius 3 is 2.42 bits per heavy atom. The fourth-order valence-corrected chi connectivity index (χ4v) is 4.61. The summed E-state index contributed by atoms with van der Waals surface area (Å²) < 4.78 is 44.3. The Kier molecular flexibility index (Phi) is 9.38. The summed E-state index contributed by atoms with van der Waals surface area (Å²) in [7, 11) is 1.86. The number of rotatable bonds is 9. The Hall–Kier alpha value is -4.68. The van der Waals surface area contributed by atoms with E-state index in [2.05, 4.69) is 43.0 Å². The molecule has 3 N–H and O–H groups in total. The van der Waals surface area contributed by atoms with Crippen LogP contribution < -0.4 is 20.9 Å². The highest BCUT2D eigenvalue weighted by Crippen LogP contribution is 2.31. The number of carbonyl (C=O) groups is 1. The van der Waals surface area contributed by atoms with Gasteiger partial charge in [-0.3, -0.25) is 4.90 Å². The molecule has 4 aromatic rings. The Morgan fingerprint density at radius 2 is 1.65 bits per heavy atom. The summed E-state index contributed by atoms with van der Waals surface area (Å²) in [4.78, 5) is 25.7. The first-order chi connectivity index (χ1) is 20.7. The van der Waals surface area contributed by atoms with E-state index in [0.717, 1.165) is 62.8 Å². The largest absolute Gasteiger partial charge is 0.416 e. The number of aromatic nitrogens is 2. The van der Waals surface area contributed by atoms with E-state index in [-0.39, 0.29) is 5.69 Å². The van der Waals surface area contributed by atoms with Gasteiger partial charge in [0.05, 0.1) is 18.8 Å². The lowest BCUT2D eigenvalue weighted by Crippen LogP contribution is -2.37. The van der Waals surface area contributed by atoms with E-state index < -0.39 is 17.8 Å². The quantitative estimate of drug-likeness (QED) is 0.204. The molecule has 43 heavy (non-hydrogen) atoms. The second-order valence-electron chi connectivity index (χ2n) is 10.0. The summed E-state index contributed by atoms with van der Waals surface area (Å²) >= 11 is 0. The van der Waals surface area contributed by atoms with Crippen molar-refractivity contribution in [1.29, 1.82) is 0 Å². The molecule has 1 saturated heterocycles. The fourth-order valence-electron chi connectivity index (χ4n) is 4.61. The number of urea groups is 1. The summed E-state index contributed by atoms with van der Waals surface area (Å²) in [5.41, 5.74) is 2.60. The van der Waals surface area contributed by atoms with Crippen molar-refractivity contribution in [2.75, 3.05) is 60.7 Å². The molecule has 1 aliphatic rings. The first-order valence-electron chi connectivity index (χ1n) is 13.8. The number of hydrogen-bond donors (Lipinski definition) is 3. The minimum absolute atomic E-state index is 0.0385. The van der Waals surface area contributed by atoms with E-state index in [0.29, 0.717) is 17.5 Å². The molecule has 0 radical (unpaired) electrons.